The Morgan fingerprint density at radius 1 is 1.21 bits per heavy atom. The summed E-state index contributed by atoms with van der Waals surface area (Å²) in [6.07, 6.45) is 0.685. The fourth-order valence-corrected chi connectivity index (χ4v) is 5.48. The van der Waals surface area contributed by atoms with E-state index in [4.69, 9.17) is 31.6 Å². The summed E-state index contributed by atoms with van der Waals surface area (Å²) >= 11 is 4.95. The third-order valence-electron chi connectivity index (χ3n) is 3.38. The molecule has 4 atom stereocenters. The third-order valence-corrected chi connectivity index (χ3v) is 7.61. The van der Waals surface area contributed by atoms with Gasteiger partial charge in [0.1, 0.15) is 10.9 Å². The molecule has 160 valence electrons. The first-order chi connectivity index (χ1) is 12.7. The summed E-state index contributed by atoms with van der Waals surface area (Å²) in [5, 5.41) is 0. The molecule has 1 fully saturated rings. The van der Waals surface area contributed by atoms with Crippen LogP contribution in [0.2, 0.25) is 0 Å². The molecular formula is C10H17N2O12P3S. The van der Waals surface area contributed by atoms with Gasteiger partial charge in [-0.05, 0) is 19.8 Å². The van der Waals surface area contributed by atoms with E-state index in [0.717, 1.165) is 0 Å². The van der Waals surface area contributed by atoms with Crippen LogP contribution >= 0.6 is 35.7 Å². The number of aromatic amines is 1. The molecule has 2 unspecified atom stereocenters. The molecule has 18 heteroatoms. The lowest BCUT2D eigenvalue weighted by atomic mass is 10.2. The average molecular weight is 482 g/mol. The Hall–Kier alpha value is -0.530. The summed E-state index contributed by atoms with van der Waals surface area (Å²) in [5.41, 5.74) is 0.129. The van der Waals surface area contributed by atoms with Crippen molar-refractivity contribution < 1.29 is 51.2 Å². The van der Waals surface area contributed by atoms with Crippen molar-refractivity contribution in [2.45, 2.75) is 32.1 Å². The maximum absolute atomic E-state index is 12.0. The zero-order chi connectivity index (χ0) is 21.3. The second-order valence-corrected chi connectivity index (χ2v) is 10.5. The minimum absolute atomic E-state index is 0.281. The normalized spacial score (nSPS) is 24.6. The highest BCUT2D eigenvalue weighted by atomic mass is 32.1. The van der Waals surface area contributed by atoms with Gasteiger partial charge in [-0.1, -0.05) is 12.2 Å². The topological polar surface area (TPSA) is 207 Å². The zero-order valence-electron chi connectivity index (χ0n) is 14.1. The number of hydrogen-bond acceptors (Lipinski definition) is 9. The van der Waals surface area contributed by atoms with Crippen molar-refractivity contribution >= 4 is 35.7 Å². The molecule has 1 saturated heterocycles. The number of phosphoric acid groups is 3. The molecule has 0 aromatic carbocycles. The molecule has 1 aliphatic heterocycles. The molecule has 1 aromatic heterocycles. The molecule has 14 nitrogen and oxygen atoms in total. The van der Waals surface area contributed by atoms with E-state index in [2.05, 4.69) is 18.1 Å². The van der Waals surface area contributed by atoms with Crippen LogP contribution in [0.15, 0.2) is 11.0 Å². The number of aryl methyl sites for hydroxylation is 1. The van der Waals surface area contributed by atoms with Crippen molar-refractivity contribution in [1.82, 2.24) is 9.55 Å². The first-order valence-electron chi connectivity index (χ1n) is 7.43. The van der Waals surface area contributed by atoms with E-state index in [1.54, 1.807) is 6.92 Å². The predicted octanol–water partition coefficient (Wildman–Crippen LogP) is 1.24. The number of nitrogens with zero attached hydrogens (tertiary/aromatic N) is 1. The van der Waals surface area contributed by atoms with Gasteiger partial charge in [-0.3, -0.25) is 14.1 Å². The SMILES string of the molecule is Cc1cn([C@H]2CC[C@@H](COP(=O)(O)OP(=O)(O)OP(=O)(O)O)O2)c(=O)[nH]c1=S. The molecule has 28 heavy (non-hydrogen) atoms. The monoisotopic (exact) mass is 482 g/mol. The number of ether oxygens (including phenoxy) is 1. The molecule has 0 bridgehead atoms. The van der Waals surface area contributed by atoms with Crippen molar-refractivity contribution in [3.8, 4) is 0 Å². The highest BCUT2D eigenvalue weighted by molar-refractivity contribution is 7.71. The summed E-state index contributed by atoms with van der Waals surface area (Å²) in [6.45, 7) is 1.12. The fourth-order valence-electron chi connectivity index (χ4n) is 2.29. The molecule has 0 aliphatic carbocycles. The van der Waals surface area contributed by atoms with Gasteiger partial charge in [-0.25, -0.2) is 18.5 Å². The van der Waals surface area contributed by atoms with Crippen LogP contribution in [0.4, 0.5) is 0 Å². The van der Waals surface area contributed by atoms with E-state index in [-0.39, 0.29) is 4.64 Å². The van der Waals surface area contributed by atoms with E-state index >= 15 is 0 Å². The van der Waals surface area contributed by atoms with E-state index in [1.165, 1.54) is 10.8 Å². The van der Waals surface area contributed by atoms with Gasteiger partial charge < -0.3 is 24.3 Å². The van der Waals surface area contributed by atoms with E-state index in [9.17, 15) is 23.4 Å². The third kappa shape index (κ3) is 7.06. The number of phosphoric ester groups is 1. The van der Waals surface area contributed by atoms with Crippen molar-refractivity contribution in [2.24, 2.45) is 0 Å². The Balaban J connectivity index is 1.95. The van der Waals surface area contributed by atoms with E-state index in [0.29, 0.717) is 18.4 Å². The Labute approximate surface area is 162 Å². The smallest absolute Gasteiger partial charge is 0.352 e. The summed E-state index contributed by atoms with van der Waals surface area (Å²) in [7, 11) is -16.3. The predicted molar refractivity (Wildman–Crippen MR) is 93.6 cm³/mol. The van der Waals surface area contributed by atoms with Crippen molar-refractivity contribution in [3.05, 3.63) is 26.9 Å². The van der Waals surface area contributed by atoms with Crippen LogP contribution in [0, 0.1) is 11.6 Å². The van der Waals surface area contributed by atoms with Crippen molar-refractivity contribution in [2.75, 3.05) is 6.61 Å². The molecule has 2 heterocycles. The summed E-state index contributed by atoms with van der Waals surface area (Å²) in [6, 6.07) is 0. The van der Waals surface area contributed by atoms with Gasteiger partial charge in [0.2, 0.25) is 0 Å². The van der Waals surface area contributed by atoms with Crippen molar-refractivity contribution in [1.29, 1.82) is 0 Å². The Kier molecular flexibility index (Phi) is 7.36. The van der Waals surface area contributed by atoms with Crippen LogP contribution < -0.4 is 5.69 Å². The van der Waals surface area contributed by atoms with Crippen LogP contribution in [-0.4, -0.2) is 41.8 Å². The zero-order valence-corrected chi connectivity index (χ0v) is 17.6. The average Bonchev–Trinajstić information content (AvgIpc) is 2.94. The number of aromatic nitrogens is 2. The van der Waals surface area contributed by atoms with Crippen LogP contribution in [0.1, 0.15) is 24.6 Å². The largest absolute Gasteiger partial charge is 0.490 e. The lowest BCUT2D eigenvalue weighted by Gasteiger charge is -2.19. The number of H-pyrrole nitrogens is 1. The Morgan fingerprint density at radius 2 is 1.86 bits per heavy atom. The van der Waals surface area contributed by atoms with Crippen LogP contribution in [0.3, 0.4) is 0 Å². The molecule has 0 radical (unpaired) electrons. The Bertz CT molecular complexity index is 985. The minimum atomic E-state index is -5.58. The van der Waals surface area contributed by atoms with Gasteiger partial charge in [0, 0.05) is 11.8 Å². The van der Waals surface area contributed by atoms with Crippen LogP contribution in [0.5, 0.6) is 0 Å². The molecule has 0 amide bonds. The quantitative estimate of drug-likeness (QED) is 0.261. The molecular weight excluding hydrogens is 465 g/mol. The van der Waals surface area contributed by atoms with Crippen LogP contribution in [-0.2, 0) is 31.6 Å². The maximum Gasteiger partial charge on any atom is 0.490 e. The second-order valence-electron chi connectivity index (χ2n) is 5.66. The van der Waals surface area contributed by atoms with Crippen LogP contribution in [0.25, 0.3) is 0 Å². The highest BCUT2D eigenvalue weighted by Gasteiger charge is 2.41. The van der Waals surface area contributed by atoms with Gasteiger partial charge in [0.25, 0.3) is 0 Å². The highest BCUT2D eigenvalue weighted by Crippen LogP contribution is 2.66. The maximum atomic E-state index is 12.0. The van der Waals surface area contributed by atoms with Gasteiger partial charge in [-0.15, -0.1) is 0 Å². The lowest BCUT2D eigenvalue weighted by molar-refractivity contribution is -0.0243. The standard InChI is InChI=1S/C10H17N2O12P3S/c1-6-4-12(10(13)11-9(6)28)8-3-2-7(22-8)5-21-26(17,18)24-27(19,20)23-25(14,15)16/h4,7-8H,2-3,5H2,1H3,(H,17,18)(H,19,20)(H,11,13,28)(H2,14,15,16)/t7-,8+/m0/s1. The molecule has 2 rings (SSSR count). The van der Waals surface area contributed by atoms with Gasteiger partial charge in [0.15, 0.2) is 0 Å². The summed E-state index contributed by atoms with van der Waals surface area (Å²) < 4.78 is 52.3. The van der Waals surface area contributed by atoms with Gasteiger partial charge in [-0.2, -0.15) is 8.62 Å². The fraction of sp³-hybridized carbons (Fsp3) is 0.600. The minimum Gasteiger partial charge on any atom is -0.352 e. The van der Waals surface area contributed by atoms with E-state index in [1.807, 2.05) is 0 Å². The number of nitrogens with one attached hydrogen (secondary N) is 1. The lowest BCUT2D eigenvalue weighted by Crippen LogP contribution is -2.28. The first kappa shape index (κ1) is 23.7. The van der Waals surface area contributed by atoms with Gasteiger partial charge in [0.05, 0.1) is 12.7 Å². The Morgan fingerprint density at radius 3 is 2.46 bits per heavy atom. The number of hydrogen-bond donors (Lipinski definition) is 5. The molecule has 1 aromatic rings. The molecule has 0 spiro atoms. The molecule has 1 aliphatic rings. The molecule has 0 saturated carbocycles. The van der Waals surface area contributed by atoms with E-state index < -0.39 is 48.1 Å². The molecule has 5 N–H and O–H groups in total. The number of rotatable bonds is 8. The summed E-state index contributed by atoms with van der Waals surface area (Å²) in [5.74, 6) is 0. The second kappa shape index (κ2) is 8.68. The first-order valence-corrected chi connectivity index (χ1v) is 12.4. The van der Waals surface area contributed by atoms with Gasteiger partial charge >= 0.3 is 29.2 Å². The summed E-state index contributed by atoms with van der Waals surface area (Å²) in [4.78, 5) is 49.8. The van der Waals surface area contributed by atoms with Crippen molar-refractivity contribution in [3.63, 3.8) is 0 Å².